The molecule has 1 aromatic carbocycles. The van der Waals surface area contributed by atoms with Gasteiger partial charge in [0.2, 0.25) is 0 Å². The fraction of sp³-hybridized carbons (Fsp3) is 0.533. The predicted molar refractivity (Wildman–Crippen MR) is 79.2 cm³/mol. The molecule has 1 atom stereocenters. The van der Waals surface area contributed by atoms with Gasteiger partial charge in [-0.25, -0.2) is 4.39 Å². The molecule has 0 radical (unpaired) electrons. The largest absolute Gasteiger partial charge is 0.337 e. The number of hydrogen-bond acceptors (Lipinski definition) is 2. The van der Waals surface area contributed by atoms with Crippen LogP contribution in [-0.4, -0.2) is 47.9 Å². The summed E-state index contributed by atoms with van der Waals surface area (Å²) in [7, 11) is 0. The number of halogens is 2. The summed E-state index contributed by atoms with van der Waals surface area (Å²) in [5.41, 5.74) is 0.560. The fourth-order valence-corrected chi connectivity index (χ4v) is 3.58. The molecule has 2 aliphatic heterocycles. The van der Waals surface area contributed by atoms with Gasteiger partial charge >= 0.3 is 0 Å². The van der Waals surface area contributed by atoms with Crippen LogP contribution in [0.5, 0.6) is 0 Å². The van der Waals surface area contributed by atoms with Gasteiger partial charge in [0, 0.05) is 31.2 Å². The summed E-state index contributed by atoms with van der Waals surface area (Å²) >= 11 is 3.14. The Morgan fingerprint density at radius 1 is 1.25 bits per heavy atom. The van der Waals surface area contributed by atoms with Crippen LogP contribution >= 0.6 is 15.9 Å². The normalized spacial score (nSPS) is 23.5. The first kappa shape index (κ1) is 14.0. The Kier molecular flexibility index (Phi) is 4.08. The molecule has 0 spiro atoms. The monoisotopic (exact) mass is 340 g/mol. The summed E-state index contributed by atoms with van der Waals surface area (Å²) in [6.45, 7) is 3.84. The van der Waals surface area contributed by atoms with Crippen LogP contribution in [0.1, 0.15) is 29.6 Å². The zero-order valence-electron chi connectivity index (χ0n) is 11.3. The van der Waals surface area contributed by atoms with Crippen LogP contribution in [0.25, 0.3) is 0 Å². The van der Waals surface area contributed by atoms with Crippen LogP contribution in [0.4, 0.5) is 4.39 Å². The fourth-order valence-electron chi connectivity index (χ4n) is 3.20. The molecule has 1 unspecified atom stereocenters. The highest BCUT2D eigenvalue weighted by Gasteiger charge is 2.30. The van der Waals surface area contributed by atoms with Crippen LogP contribution < -0.4 is 0 Å². The van der Waals surface area contributed by atoms with Crippen molar-refractivity contribution in [1.29, 1.82) is 0 Å². The molecule has 108 valence electrons. The second-order valence-corrected chi connectivity index (χ2v) is 6.42. The zero-order valence-corrected chi connectivity index (χ0v) is 12.9. The van der Waals surface area contributed by atoms with Crippen LogP contribution in [0, 0.1) is 5.82 Å². The first-order chi connectivity index (χ1) is 9.65. The van der Waals surface area contributed by atoms with Crippen molar-refractivity contribution in [3.8, 4) is 0 Å². The van der Waals surface area contributed by atoms with Crippen molar-refractivity contribution in [2.24, 2.45) is 0 Å². The van der Waals surface area contributed by atoms with E-state index in [4.69, 9.17) is 0 Å². The summed E-state index contributed by atoms with van der Waals surface area (Å²) in [6, 6.07) is 5.00. The maximum atomic E-state index is 13.3. The van der Waals surface area contributed by atoms with Crippen LogP contribution in [0.15, 0.2) is 22.7 Å². The third-order valence-corrected chi connectivity index (χ3v) is 4.87. The molecule has 0 bridgehead atoms. The van der Waals surface area contributed by atoms with Gasteiger partial charge in [-0.1, -0.05) is 0 Å². The van der Waals surface area contributed by atoms with Crippen molar-refractivity contribution in [2.75, 3.05) is 26.2 Å². The third kappa shape index (κ3) is 2.74. The molecule has 0 saturated carbocycles. The molecule has 1 aromatic rings. The van der Waals surface area contributed by atoms with E-state index in [2.05, 4.69) is 20.8 Å². The lowest BCUT2D eigenvalue weighted by molar-refractivity contribution is 0.0743. The SMILES string of the molecule is O=C(c1ccc(F)c(Br)c1)N1CCCN2CCCC2C1. The van der Waals surface area contributed by atoms with Crippen molar-refractivity contribution in [3.63, 3.8) is 0 Å². The van der Waals surface area contributed by atoms with Crippen molar-refractivity contribution in [1.82, 2.24) is 9.80 Å². The number of amides is 1. The lowest BCUT2D eigenvalue weighted by Crippen LogP contribution is -2.39. The van der Waals surface area contributed by atoms with Crippen LogP contribution in [-0.2, 0) is 0 Å². The van der Waals surface area contributed by atoms with E-state index >= 15 is 0 Å². The lowest BCUT2D eigenvalue weighted by Gasteiger charge is -2.25. The Hall–Kier alpha value is -0.940. The van der Waals surface area contributed by atoms with E-state index in [1.807, 2.05) is 4.90 Å². The highest BCUT2D eigenvalue weighted by atomic mass is 79.9. The summed E-state index contributed by atoms with van der Waals surface area (Å²) in [6.07, 6.45) is 3.43. The summed E-state index contributed by atoms with van der Waals surface area (Å²) < 4.78 is 13.6. The minimum absolute atomic E-state index is 0.0134. The second-order valence-electron chi connectivity index (χ2n) is 5.57. The molecule has 2 fully saturated rings. The van der Waals surface area contributed by atoms with Crippen molar-refractivity contribution in [3.05, 3.63) is 34.1 Å². The molecule has 0 aliphatic carbocycles. The first-order valence-electron chi connectivity index (χ1n) is 7.13. The van der Waals surface area contributed by atoms with E-state index in [-0.39, 0.29) is 11.7 Å². The maximum Gasteiger partial charge on any atom is 0.253 e. The van der Waals surface area contributed by atoms with E-state index < -0.39 is 0 Å². The van der Waals surface area contributed by atoms with E-state index in [1.165, 1.54) is 18.9 Å². The Labute approximate surface area is 126 Å². The molecule has 2 saturated heterocycles. The molecule has 20 heavy (non-hydrogen) atoms. The summed E-state index contributed by atoms with van der Waals surface area (Å²) in [5, 5.41) is 0. The zero-order chi connectivity index (χ0) is 14.1. The number of hydrogen-bond donors (Lipinski definition) is 0. The van der Waals surface area contributed by atoms with Gasteiger partial charge in [-0.05, 0) is 59.9 Å². The Morgan fingerprint density at radius 2 is 2.05 bits per heavy atom. The first-order valence-corrected chi connectivity index (χ1v) is 7.93. The standard InChI is InChI=1S/C15H18BrFN2O/c16-13-9-11(4-5-14(13)17)15(20)19-8-2-7-18-6-1-3-12(18)10-19/h4-5,9,12H,1-3,6-8,10H2. The quantitative estimate of drug-likeness (QED) is 0.784. The Morgan fingerprint density at radius 3 is 2.85 bits per heavy atom. The van der Waals surface area contributed by atoms with Gasteiger partial charge in [0.25, 0.3) is 5.91 Å². The molecule has 2 heterocycles. The smallest absolute Gasteiger partial charge is 0.253 e. The van der Waals surface area contributed by atoms with Gasteiger partial charge in [0.05, 0.1) is 4.47 Å². The van der Waals surface area contributed by atoms with Crippen LogP contribution in [0.3, 0.4) is 0 Å². The molecular weight excluding hydrogens is 323 g/mol. The average Bonchev–Trinajstić information content (AvgIpc) is 2.78. The maximum absolute atomic E-state index is 13.3. The molecule has 1 amide bonds. The molecule has 5 heteroatoms. The topological polar surface area (TPSA) is 23.6 Å². The number of benzene rings is 1. The molecule has 0 aromatic heterocycles. The molecule has 0 N–H and O–H groups in total. The molecular formula is C15H18BrFN2O. The number of fused-ring (bicyclic) bond motifs is 1. The number of rotatable bonds is 1. The van der Waals surface area contributed by atoms with Gasteiger partial charge in [0.1, 0.15) is 5.82 Å². The van der Waals surface area contributed by atoms with Gasteiger partial charge in [-0.3, -0.25) is 9.69 Å². The second kappa shape index (κ2) is 5.82. The van der Waals surface area contributed by atoms with Gasteiger partial charge in [0.15, 0.2) is 0 Å². The van der Waals surface area contributed by atoms with E-state index in [9.17, 15) is 9.18 Å². The summed E-state index contributed by atoms with van der Waals surface area (Å²) in [4.78, 5) is 17.0. The van der Waals surface area contributed by atoms with E-state index in [1.54, 1.807) is 12.1 Å². The van der Waals surface area contributed by atoms with Crippen molar-refractivity contribution >= 4 is 21.8 Å². The highest BCUT2D eigenvalue weighted by molar-refractivity contribution is 9.10. The van der Waals surface area contributed by atoms with Crippen molar-refractivity contribution in [2.45, 2.75) is 25.3 Å². The molecule has 2 aliphatic rings. The van der Waals surface area contributed by atoms with Crippen molar-refractivity contribution < 1.29 is 9.18 Å². The van der Waals surface area contributed by atoms with E-state index in [0.29, 0.717) is 16.1 Å². The average molecular weight is 341 g/mol. The Balaban J connectivity index is 1.77. The summed E-state index contributed by atoms with van der Waals surface area (Å²) in [5.74, 6) is -0.321. The van der Waals surface area contributed by atoms with E-state index in [0.717, 1.165) is 32.6 Å². The Bertz CT molecular complexity index is 523. The molecule has 3 rings (SSSR count). The molecule has 3 nitrogen and oxygen atoms in total. The van der Waals surface area contributed by atoms with Gasteiger partial charge in [-0.2, -0.15) is 0 Å². The van der Waals surface area contributed by atoms with Gasteiger partial charge < -0.3 is 4.90 Å². The lowest BCUT2D eigenvalue weighted by atomic mass is 10.1. The number of nitrogens with zero attached hydrogens (tertiary/aromatic N) is 2. The van der Waals surface area contributed by atoms with Crippen LogP contribution in [0.2, 0.25) is 0 Å². The van der Waals surface area contributed by atoms with Gasteiger partial charge in [-0.15, -0.1) is 0 Å². The highest BCUT2D eigenvalue weighted by Crippen LogP contribution is 2.23. The predicted octanol–water partition coefficient (Wildman–Crippen LogP) is 2.90. The minimum atomic E-state index is -0.334. The number of carbonyl (C=O) groups excluding carboxylic acids is 1. The number of carbonyl (C=O) groups is 1. The third-order valence-electron chi connectivity index (χ3n) is 4.26. The minimum Gasteiger partial charge on any atom is -0.337 e.